The molecule has 0 aromatic rings. The maximum absolute atomic E-state index is 12.5. The molecule has 1 heterocycles. The van der Waals surface area contributed by atoms with Crippen molar-refractivity contribution in [3.8, 4) is 6.07 Å². The molecule has 6 heteroatoms. The van der Waals surface area contributed by atoms with Gasteiger partial charge in [-0.15, -0.1) is 0 Å². The van der Waals surface area contributed by atoms with Crippen LogP contribution in [0, 0.1) is 28.6 Å². The molecule has 2 aliphatic rings. The number of hydrogen-bond donors (Lipinski definition) is 0. The van der Waals surface area contributed by atoms with Crippen LogP contribution >= 0.6 is 0 Å². The molecule has 6 nitrogen and oxygen atoms in total. The molecule has 1 atom stereocenters. The van der Waals surface area contributed by atoms with E-state index in [9.17, 15) is 14.9 Å². The molecule has 1 aliphatic heterocycles. The molecule has 0 spiro atoms. The topological polar surface area (TPSA) is 79.6 Å². The minimum absolute atomic E-state index is 0.280. The van der Waals surface area contributed by atoms with Gasteiger partial charge < -0.3 is 14.4 Å². The zero-order valence-electron chi connectivity index (χ0n) is 16.5. The van der Waals surface area contributed by atoms with Gasteiger partial charge in [-0.05, 0) is 59.3 Å². The predicted octanol–water partition coefficient (Wildman–Crippen LogP) is 3.90. The normalized spacial score (nSPS) is 21.7. The van der Waals surface area contributed by atoms with Crippen LogP contribution in [0.3, 0.4) is 0 Å². The molecule has 1 unspecified atom stereocenters. The molecule has 0 N–H and O–H groups in total. The second kappa shape index (κ2) is 8.28. The third kappa shape index (κ3) is 4.49. The summed E-state index contributed by atoms with van der Waals surface area (Å²) in [5, 5.41) is 9.77. The van der Waals surface area contributed by atoms with E-state index in [1.807, 2.05) is 20.8 Å². The first-order valence-electron chi connectivity index (χ1n) is 9.77. The number of rotatable bonds is 4. The van der Waals surface area contributed by atoms with E-state index >= 15 is 0 Å². The van der Waals surface area contributed by atoms with Crippen LogP contribution < -0.4 is 0 Å². The van der Waals surface area contributed by atoms with Crippen LogP contribution in [-0.4, -0.2) is 42.3 Å². The van der Waals surface area contributed by atoms with Crippen molar-refractivity contribution in [2.24, 2.45) is 17.3 Å². The highest BCUT2D eigenvalue weighted by molar-refractivity contribution is 5.76. The first-order chi connectivity index (χ1) is 12.2. The van der Waals surface area contributed by atoms with Crippen molar-refractivity contribution in [3.63, 3.8) is 0 Å². The summed E-state index contributed by atoms with van der Waals surface area (Å²) in [5.41, 5.74) is -0.923. The Labute approximate surface area is 156 Å². The quantitative estimate of drug-likeness (QED) is 0.707. The zero-order chi connectivity index (χ0) is 19.4. The summed E-state index contributed by atoms with van der Waals surface area (Å²) in [6.45, 7) is 8.63. The molecule has 1 aliphatic carbocycles. The Morgan fingerprint density at radius 1 is 1.23 bits per heavy atom. The Bertz CT molecular complexity index is 547. The molecule has 0 bridgehead atoms. The lowest BCUT2D eigenvalue weighted by Crippen LogP contribution is -2.51. The Morgan fingerprint density at radius 3 is 2.27 bits per heavy atom. The third-order valence-electron chi connectivity index (χ3n) is 5.74. The summed E-state index contributed by atoms with van der Waals surface area (Å²) in [6.07, 6.45) is 5.35. The minimum atomic E-state index is -0.758. The number of carbonyl (C=O) groups is 2. The van der Waals surface area contributed by atoms with Crippen LogP contribution in [0.15, 0.2) is 0 Å². The molecule has 0 aromatic carbocycles. The van der Waals surface area contributed by atoms with Crippen molar-refractivity contribution in [1.82, 2.24) is 4.90 Å². The maximum Gasteiger partial charge on any atom is 0.410 e. The largest absolute Gasteiger partial charge is 0.465 e. The summed E-state index contributed by atoms with van der Waals surface area (Å²) >= 11 is 0. The first kappa shape index (κ1) is 20.5. The van der Waals surface area contributed by atoms with E-state index in [-0.39, 0.29) is 12.7 Å². The smallest absolute Gasteiger partial charge is 0.410 e. The van der Waals surface area contributed by atoms with Crippen molar-refractivity contribution >= 4 is 12.1 Å². The number of piperidine rings is 1. The fourth-order valence-electron chi connectivity index (χ4n) is 4.51. The lowest BCUT2D eigenvalue weighted by molar-refractivity contribution is -0.153. The fraction of sp³-hybridized carbons (Fsp3) is 0.850. The lowest BCUT2D eigenvalue weighted by Gasteiger charge is -2.47. The van der Waals surface area contributed by atoms with Crippen LogP contribution in [0.5, 0.6) is 0 Å². The van der Waals surface area contributed by atoms with E-state index in [2.05, 4.69) is 6.07 Å². The number of nitrogens with zero attached hydrogens (tertiary/aromatic N) is 2. The molecular weight excluding hydrogens is 332 g/mol. The summed E-state index contributed by atoms with van der Waals surface area (Å²) in [5.74, 6) is -0.823. The van der Waals surface area contributed by atoms with Gasteiger partial charge in [-0.1, -0.05) is 12.8 Å². The number of likely N-dealkylation sites (tertiary alicyclic amines) is 1. The summed E-state index contributed by atoms with van der Waals surface area (Å²) in [6, 6.07) is 2.25. The molecule has 2 fully saturated rings. The highest BCUT2D eigenvalue weighted by Crippen LogP contribution is 2.52. The van der Waals surface area contributed by atoms with Gasteiger partial charge in [0.2, 0.25) is 0 Å². The second-order valence-corrected chi connectivity index (χ2v) is 8.50. The standard InChI is InChI=1S/C20H32N2O4/c1-5-25-17(23)16(14-21)20(15-8-6-7-9-15)10-12-22(13-11-20)18(24)26-19(2,3)4/h15-16H,5-13H2,1-4H3. The van der Waals surface area contributed by atoms with Crippen molar-refractivity contribution in [2.75, 3.05) is 19.7 Å². The number of carbonyl (C=O) groups excluding carboxylic acids is 2. The number of esters is 1. The van der Waals surface area contributed by atoms with E-state index in [1.54, 1.807) is 11.8 Å². The van der Waals surface area contributed by atoms with E-state index in [1.165, 1.54) is 0 Å². The monoisotopic (exact) mass is 364 g/mol. The Hall–Kier alpha value is -1.77. The van der Waals surface area contributed by atoms with Gasteiger partial charge in [0.1, 0.15) is 11.5 Å². The van der Waals surface area contributed by atoms with Crippen molar-refractivity contribution in [3.05, 3.63) is 0 Å². The average molecular weight is 364 g/mol. The van der Waals surface area contributed by atoms with Gasteiger partial charge in [0.05, 0.1) is 12.7 Å². The van der Waals surface area contributed by atoms with Crippen LogP contribution in [0.2, 0.25) is 0 Å². The van der Waals surface area contributed by atoms with Crippen molar-refractivity contribution in [2.45, 2.75) is 71.8 Å². The molecule has 26 heavy (non-hydrogen) atoms. The lowest BCUT2D eigenvalue weighted by atomic mass is 9.61. The predicted molar refractivity (Wildman–Crippen MR) is 97.2 cm³/mol. The SMILES string of the molecule is CCOC(=O)C(C#N)C1(C2CCCC2)CCN(C(=O)OC(C)(C)C)CC1. The van der Waals surface area contributed by atoms with Crippen molar-refractivity contribution in [1.29, 1.82) is 5.26 Å². The minimum Gasteiger partial charge on any atom is -0.465 e. The number of hydrogen-bond acceptors (Lipinski definition) is 5. The average Bonchev–Trinajstić information content (AvgIpc) is 3.09. The van der Waals surface area contributed by atoms with Crippen molar-refractivity contribution < 1.29 is 19.1 Å². The van der Waals surface area contributed by atoms with Gasteiger partial charge in [-0.25, -0.2) is 4.79 Å². The zero-order valence-corrected chi connectivity index (χ0v) is 16.5. The molecule has 1 amide bonds. The number of ether oxygens (including phenoxy) is 2. The Kier molecular flexibility index (Phi) is 6.54. The molecular formula is C20H32N2O4. The molecule has 2 rings (SSSR count). The van der Waals surface area contributed by atoms with E-state index in [0.29, 0.717) is 31.8 Å². The van der Waals surface area contributed by atoms with Crippen LogP contribution in [-0.2, 0) is 14.3 Å². The molecule has 1 saturated heterocycles. The van der Waals surface area contributed by atoms with Gasteiger partial charge in [0, 0.05) is 18.5 Å². The van der Waals surface area contributed by atoms with Gasteiger partial charge in [-0.2, -0.15) is 5.26 Å². The highest BCUT2D eigenvalue weighted by Gasteiger charge is 2.52. The molecule has 0 aromatic heterocycles. The summed E-state index contributed by atoms with van der Waals surface area (Å²) in [4.78, 5) is 26.6. The molecule has 1 saturated carbocycles. The summed E-state index contributed by atoms with van der Waals surface area (Å²) < 4.78 is 10.7. The van der Waals surface area contributed by atoms with Crippen LogP contribution in [0.1, 0.15) is 66.2 Å². The van der Waals surface area contributed by atoms with E-state index in [4.69, 9.17) is 9.47 Å². The molecule has 146 valence electrons. The second-order valence-electron chi connectivity index (χ2n) is 8.50. The Morgan fingerprint density at radius 2 is 1.81 bits per heavy atom. The maximum atomic E-state index is 12.5. The van der Waals surface area contributed by atoms with Crippen LogP contribution in [0.4, 0.5) is 4.79 Å². The number of nitriles is 1. The molecule has 0 radical (unpaired) electrons. The van der Waals surface area contributed by atoms with Gasteiger partial charge in [0.15, 0.2) is 0 Å². The van der Waals surface area contributed by atoms with E-state index < -0.39 is 22.9 Å². The number of amides is 1. The van der Waals surface area contributed by atoms with Gasteiger partial charge in [-0.3, -0.25) is 4.79 Å². The Balaban J connectivity index is 2.17. The van der Waals surface area contributed by atoms with Gasteiger partial charge in [0.25, 0.3) is 0 Å². The van der Waals surface area contributed by atoms with E-state index in [0.717, 1.165) is 25.7 Å². The van der Waals surface area contributed by atoms with Gasteiger partial charge >= 0.3 is 12.1 Å². The first-order valence-corrected chi connectivity index (χ1v) is 9.77. The highest BCUT2D eigenvalue weighted by atomic mass is 16.6. The third-order valence-corrected chi connectivity index (χ3v) is 5.74. The fourth-order valence-corrected chi connectivity index (χ4v) is 4.51. The van der Waals surface area contributed by atoms with Crippen LogP contribution in [0.25, 0.3) is 0 Å². The summed E-state index contributed by atoms with van der Waals surface area (Å²) in [7, 11) is 0.